The van der Waals surface area contributed by atoms with E-state index >= 15 is 0 Å². The van der Waals surface area contributed by atoms with Crippen molar-refractivity contribution in [2.24, 2.45) is 11.8 Å². The normalized spacial score (nSPS) is 26.4. The second-order valence-corrected chi connectivity index (χ2v) is 11.2. The van der Waals surface area contributed by atoms with Crippen molar-refractivity contribution in [3.63, 3.8) is 0 Å². The molecule has 8 heteroatoms. The molecule has 1 saturated heterocycles. The Hall–Kier alpha value is -1.80. The number of nitrogens with one attached hydrogen (secondary N) is 1. The van der Waals surface area contributed by atoms with Crippen molar-refractivity contribution >= 4 is 28.0 Å². The number of anilines is 1. The number of aryl methyl sites for hydroxylation is 1. The van der Waals surface area contributed by atoms with Gasteiger partial charge in [0.15, 0.2) is 0 Å². The number of rotatable bonds is 6. The first-order valence-electron chi connectivity index (χ1n) is 11.8. The van der Waals surface area contributed by atoms with Crippen molar-refractivity contribution in [3.8, 4) is 0 Å². The smallest absolute Gasteiger partial charge is 0.255 e. The highest BCUT2D eigenvalue weighted by atomic mass is 32.2. The van der Waals surface area contributed by atoms with E-state index in [0.29, 0.717) is 17.8 Å². The summed E-state index contributed by atoms with van der Waals surface area (Å²) in [5.74, 6) is 2.59. The molecule has 1 aliphatic heterocycles. The lowest BCUT2D eigenvalue weighted by molar-refractivity contribution is 0.344. The second-order valence-electron chi connectivity index (χ2n) is 9.73. The summed E-state index contributed by atoms with van der Waals surface area (Å²) < 4.78 is 16.5. The third-order valence-electron chi connectivity index (χ3n) is 7.25. The average molecular weight is 444 g/mol. The molecule has 2 aromatic rings. The number of pyridine rings is 1. The summed E-state index contributed by atoms with van der Waals surface area (Å²) in [7, 11) is -0.831. The van der Waals surface area contributed by atoms with Gasteiger partial charge in [-0.25, -0.2) is 13.5 Å². The van der Waals surface area contributed by atoms with Gasteiger partial charge in [0.25, 0.3) is 5.56 Å². The molecular weight excluding hydrogens is 410 g/mol. The van der Waals surface area contributed by atoms with Crippen LogP contribution in [0.2, 0.25) is 0 Å². The zero-order valence-corrected chi connectivity index (χ0v) is 19.4. The standard InChI is InChI=1S/C23H33N5O2S/c1-15-4-3-5-20(15)28-21-18(12-16(2)22(28)29)13-24-23(26-21)25-19-8-10-27(11-9-19)31(30)14-17-6-7-17/h12-13,15,17,19-20H,3-11,14H2,1-2H3,(H,24,25,26). The summed E-state index contributed by atoms with van der Waals surface area (Å²) in [5, 5.41) is 4.41. The Labute approximate surface area is 186 Å². The largest absolute Gasteiger partial charge is 0.351 e. The molecule has 31 heavy (non-hydrogen) atoms. The molecule has 2 saturated carbocycles. The minimum Gasteiger partial charge on any atom is -0.351 e. The first-order valence-corrected chi connectivity index (χ1v) is 13.1. The van der Waals surface area contributed by atoms with E-state index in [1.54, 1.807) is 0 Å². The Morgan fingerprint density at radius 1 is 1.16 bits per heavy atom. The number of hydrogen-bond acceptors (Lipinski definition) is 5. The maximum atomic E-state index is 13.0. The first-order chi connectivity index (χ1) is 15.0. The van der Waals surface area contributed by atoms with E-state index < -0.39 is 11.0 Å². The number of piperidine rings is 1. The minimum absolute atomic E-state index is 0.0716. The summed E-state index contributed by atoms with van der Waals surface area (Å²) in [5.41, 5.74) is 1.57. The molecule has 1 N–H and O–H groups in total. The number of nitrogens with zero attached hydrogens (tertiary/aromatic N) is 4. The van der Waals surface area contributed by atoms with Gasteiger partial charge >= 0.3 is 0 Å². The first kappa shape index (κ1) is 21.1. The van der Waals surface area contributed by atoms with Gasteiger partial charge in [0.1, 0.15) is 5.65 Å². The van der Waals surface area contributed by atoms with Gasteiger partial charge < -0.3 is 5.32 Å². The fourth-order valence-electron chi connectivity index (χ4n) is 5.12. The lowest BCUT2D eigenvalue weighted by Crippen LogP contribution is -2.41. The van der Waals surface area contributed by atoms with Gasteiger partial charge in [-0.15, -0.1) is 0 Å². The van der Waals surface area contributed by atoms with Crippen LogP contribution in [-0.4, -0.2) is 47.9 Å². The fourth-order valence-corrected chi connectivity index (χ4v) is 6.69. The Morgan fingerprint density at radius 2 is 1.94 bits per heavy atom. The molecule has 0 amide bonds. The molecule has 3 unspecified atom stereocenters. The molecule has 3 aliphatic rings. The summed E-state index contributed by atoms with van der Waals surface area (Å²) in [4.78, 5) is 22.4. The van der Waals surface area contributed by atoms with E-state index in [0.717, 1.165) is 67.5 Å². The van der Waals surface area contributed by atoms with Crippen LogP contribution in [0.3, 0.4) is 0 Å². The molecule has 3 atom stereocenters. The highest BCUT2D eigenvalue weighted by Gasteiger charge is 2.30. The van der Waals surface area contributed by atoms with E-state index in [1.807, 2.05) is 23.8 Å². The number of hydrogen-bond donors (Lipinski definition) is 1. The molecule has 3 heterocycles. The van der Waals surface area contributed by atoms with Gasteiger partial charge in [-0.3, -0.25) is 9.36 Å². The SMILES string of the molecule is Cc1cc2cnc(NC3CCN(S(=O)CC4CC4)CC3)nc2n(C2CCCC2C)c1=O. The van der Waals surface area contributed by atoms with Crippen LogP contribution in [0.4, 0.5) is 5.95 Å². The van der Waals surface area contributed by atoms with Gasteiger partial charge in [-0.2, -0.15) is 4.98 Å². The topological polar surface area (TPSA) is 80.1 Å². The van der Waals surface area contributed by atoms with Crippen molar-refractivity contribution in [1.29, 1.82) is 0 Å². The van der Waals surface area contributed by atoms with Gasteiger partial charge in [-0.05, 0) is 63.4 Å². The van der Waals surface area contributed by atoms with Crippen LogP contribution in [-0.2, 0) is 11.0 Å². The molecule has 0 aromatic carbocycles. The lowest BCUT2D eigenvalue weighted by Gasteiger charge is -2.31. The molecule has 0 radical (unpaired) electrons. The van der Waals surface area contributed by atoms with Crippen LogP contribution in [0.15, 0.2) is 17.1 Å². The van der Waals surface area contributed by atoms with Crippen LogP contribution < -0.4 is 10.9 Å². The average Bonchev–Trinajstić information content (AvgIpc) is 3.48. The summed E-state index contributed by atoms with van der Waals surface area (Å²) in [6.07, 6.45) is 9.53. The van der Waals surface area contributed by atoms with E-state index in [1.165, 1.54) is 12.8 Å². The Bertz CT molecular complexity index is 1040. The zero-order valence-electron chi connectivity index (χ0n) is 18.5. The van der Waals surface area contributed by atoms with Crippen molar-refractivity contribution in [2.45, 2.75) is 70.9 Å². The van der Waals surface area contributed by atoms with Crippen molar-refractivity contribution in [1.82, 2.24) is 18.8 Å². The maximum Gasteiger partial charge on any atom is 0.255 e. The molecule has 3 fully saturated rings. The zero-order chi connectivity index (χ0) is 21.5. The highest BCUT2D eigenvalue weighted by Crippen LogP contribution is 2.36. The third-order valence-corrected chi connectivity index (χ3v) is 8.95. The van der Waals surface area contributed by atoms with Crippen LogP contribution in [0.1, 0.15) is 63.5 Å². The number of fused-ring (bicyclic) bond motifs is 1. The van der Waals surface area contributed by atoms with Crippen molar-refractivity contribution in [2.75, 3.05) is 24.2 Å². The Morgan fingerprint density at radius 3 is 2.61 bits per heavy atom. The highest BCUT2D eigenvalue weighted by molar-refractivity contribution is 7.82. The second kappa shape index (κ2) is 8.62. The van der Waals surface area contributed by atoms with Crippen LogP contribution in [0, 0.1) is 18.8 Å². The van der Waals surface area contributed by atoms with E-state index in [2.05, 4.69) is 21.5 Å². The summed E-state index contributed by atoms with van der Waals surface area (Å²) in [6.45, 7) is 5.80. The molecule has 5 rings (SSSR count). The van der Waals surface area contributed by atoms with Crippen LogP contribution >= 0.6 is 0 Å². The molecule has 0 bridgehead atoms. The van der Waals surface area contributed by atoms with E-state index in [9.17, 15) is 9.00 Å². The predicted molar refractivity (Wildman–Crippen MR) is 125 cm³/mol. The quantitative estimate of drug-likeness (QED) is 0.740. The van der Waals surface area contributed by atoms with E-state index in [-0.39, 0.29) is 17.6 Å². The van der Waals surface area contributed by atoms with Gasteiger partial charge in [0, 0.05) is 48.1 Å². The number of aromatic nitrogens is 3. The molecule has 168 valence electrons. The van der Waals surface area contributed by atoms with Crippen molar-refractivity contribution in [3.05, 3.63) is 28.2 Å². The Balaban J connectivity index is 1.33. The van der Waals surface area contributed by atoms with Crippen molar-refractivity contribution < 1.29 is 4.21 Å². The molecule has 2 aliphatic carbocycles. The summed E-state index contributed by atoms with van der Waals surface area (Å²) in [6, 6.07) is 2.38. The molecule has 0 spiro atoms. The predicted octanol–water partition coefficient (Wildman–Crippen LogP) is 3.41. The van der Waals surface area contributed by atoms with Crippen LogP contribution in [0.25, 0.3) is 11.0 Å². The van der Waals surface area contributed by atoms with Crippen LogP contribution in [0.5, 0.6) is 0 Å². The van der Waals surface area contributed by atoms with E-state index in [4.69, 9.17) is 4.98 Å². The Kier molecular flexibility index (Phi) is 5.86. The van der Waals surface area contributed by atoms with Gasteiger partial charge in [0.05, 0.1) is 11.0 Å². The lowest BCUT2D eigenvalue weighted by atomic mass is 10.1. The van der Waals surface area contributed by atoms with Gasteiger partial charge in [-0.1, -0.05) is 13.3 Å². The minimum atomic E-state index is -0.831. The third kappa shape index (κ3) is 4.42. The molecule has 7 nitrogen and oxygen atoms in total. The van der Waals surface area contributed by atoms with Gasteiger partial charge in [0.2, 0.25) is 5.95 Å². The summed E-state index contributed by atoms with van der Waals surface area (Å²) >= 11 is 0. The maximum absolute atomic E-state index is 13.0. The monoisotopic (exact) mass is 443 g/mol. The molecular formula is C23H33N5O2S. The fraction of sp³-hybridized carbons (Fsp3) is 0.696. The molecule has 2 aromatic heterocycles.